The number of fused-ring (bicyclic) bond motifs is 5. The van der Waals surface area contributed by atoms with Gasteiger partial charge in [-0.15, -0.1) is 0 Å². The van der Waals surface area contributed by atoms with Gasteiger partial charge in [0, 0.05) is 11.8 Å². The smallest absolute Gasteiger partial charge is 0.172 e. The Bertz CT molecular complexity index is 601. The second-order valence-electron chi connectivity index (χ2n) is 8.80. The third-order valence-electron chi connectivity index (χ3n) is 8.06. The van der Waals surface area contributed by atoms with Crippen molar-refractivity contribution in [3.05, 3.63) is 0 Å². The predicted octanol–water partition coefficient (Wildman–Crippen LogP) is 1.29. The van der Waals surface area contributed by atoms with Gasteiger partial charge in [0.25, 0.3) is 0 Å². The minimum Gasteiger partial charge on any atom is -0.393 e. The fourth-order valence-electron chi connectivity index (χ4n) is 6.76. The molecule has 0 aromatic carbocycles. The lowest BCUT2D eigenvalue weighted by Crippen LogP contribution is -2.62. The molecule has 8 atom stereocenters. The summed E-state index contributed by atoms with van der Waals surface area (Å²) in [6, 6.07) is 0. The Hall–Kier alpha value is -1.07. The molecule has 2 N–H and O–H groups in total. The number of carbonyl (C=O) groups is 3. The lowest BCUT2D eigenvalue weighted by molar-refractivity contribution is -0.174. The Morgan fingerprint density at radius 1 is 1.04 bits per heavy atom. The van der Waals surface area contributed by atoms with Gasteiger partial charge >= 0.3 is 0 Å². The predicted molar refractivity (Wildman–Crippen MR) is 84.9 cm³/mol. The maximum absolute atomic E-state index is 12.8. The summed E-state index contributed by atoms with van der Waals surface area (Å²) < 4.78 is 0. The van der Waals surface area contributed by atoms with Crippen LogP contribution in [0.3, 0.4) is 0 Å². The highest BCUT2D eigenvalue weighted by molar-refractivity contribution is 6.08. The van der Waals surface area contributed by atoms with Crippen molar-refractivity contribution < 1.29 is 24.6 Å². The lowest BCUT2D eigenvalue weighted by Gasteiger charge is -2.58. The molecule has 0 saturated heterocycles. The lowest BCUT2D eigenvalue weighted by atomic mass is 9.44. The number of Topliss-reactive ketones (excluding diaryl/α,β-unsaturated/α-hetero) is 2. The molecule has 4 aliphatic rings. The molecule has 5 nitrogen and oxygen atoms in total. The molecule has 0 aliphatic heterocycles. The van der Waals surface area contributed by atoms with Crippen molar-refractivity contribution in [3.8, 4) is 0 Å². The molecule has 1 unspecified atom stereocenters. The Morgan fingerprint density at radius 3 is 2.50 bits per heavy atom. The molecule has 132 valence electrons. The maximum Gasteiger partial charge on any atom is 0.172 e. The standard InChI is InChI=1S/C19H26O5/c1-18-6-4-12-10(11(18)2-3-15(18)23)8-14(22)16-17(24)13(21)5-7-19(12,16)9-20/h9-13,15-16,21,23H,2-8H2,1H3/t10-,11-,12-,13-,15-,16?,18-,19-/m0/s1. The summed E-state index contributed by atoms with van der Waals surface area (Å²) in [5.74, 6) is -1.21. The quantitative estimate of drug-likeness (QED) is 0.557. The molecule has 5 heteroatoms. The van der Waals surface area contributed by atoms with Gasteiger partial charge in [-0.05, 0) is 61.7 Å². The van der Waals surface area contributed by atoms with E-state index in [0.29, 0.717) is 12.8 Å². The van der Waals surface area contributed by atoms with Crippen LogP contribution in [0.5, 0.6) is 0 Å². The van der Waals surface area contributed by atoms with Crippen LogP contribution in [-0.4, -0.2) is 40.3 Å². The van der Waals surface area contributed by atoms with Crippen molar-refractivity contribution in [2.75, 3.05) is 0 Å². The first-order chi connectivity index (χ1) is 11.3. The molecule has 0 bridgehead atoms. The summed E-state index contributed by atoms with van der Waals surface area (Å²) >= 11 is 0. The SMILES string of the molecule is C[C@]12CC[C@H]3[C@@H](CC(=O)C4C(=O)[C@@H](O)CC[C@@]43C=O)[C@@H]1CC[C@@H]2O. The van der Waals surface area contributed by atoms with E-state index < -0.39 is 23.2 Å². The number of hydrogen-bond donors (Lipinski definition) is 2. The fourth-order valence-corrected chi connectivity index (χ4v) is 6.76. The first-order valence-corrected chi connectivity index (χ1v) is 9.24. The molecule has 4 saturated carbocycles. The molecule has 4 rings (SSSR count). The summed E-state index contributed by atoms with van der Waals surface area (Å²) in [5.41, 5.74) is -1.10. The number of aliphatic hydroxyl groups is 2. The molecule has 0 amide bonds. The van der Waals surface area contributed by atoms with E-state index in [4.69, 9.17) is 0 Å². The third-order valence-corrected chi connectivity index (χ3v) is 8.06. The van der Waals surface area contributed by atoms with Crippen molar-refractivity contribution in [3.63, 3.8) is 0 Å². The Labute approximate surface area is 141 Å². The van der Waals surface area contributed by atoms with Gasteiger partial charge in [0.15, 0.2) is 5.78 Å². The molecular formula is C19H26O5. The summed E-state index contributed by atoms with van der Waals surface area (Å²) in [5, 5.41) is 20.3. The van der Waals surface area contributed by atoms with Crippen LogP contribution in [0.15, 0.2) is 0 Å². The highest BCUT2D eigenvalue weighted by Crippen LogP contribution is 2.64. The van der Waals surface area contributed by atoms with Crippen molar-refractivity contribution in [1.82, 2.24) is 0 Å². The monoisotopic (exact) mass is 334 g/mol. The largest absolute Gasteiger partial charge is 0.393 e. The Balaban J connectivity index is 1.76. The van der Waals surface area contributed by atoms with Gasteiger partial charge in [0.05, 0.1) is 12.0 Å². The molecule has 0 aromatic heterocycles. The van der Waals surface area contributed by atoms with E-state index >= 15 is 0 Å². The van der Waals surface area contributed by atoms with E-state index in [1.54, 1.807) is 0 Å². The van der Waals surface area contributed by atoms with Crippen molar-refractivity contribution in [1.29, 1.82) is 0 Å². The molecule has 4 aliphatic carbocycles. The average Bonchev–Trinajstić information content (AvgIpc) is 2.86. The Morgan fingerprint density at radius 2 is 1.79 bits per heavy atom. The van der Waals surface area contributed by atoms with E-state index in [2.05, 4.69) is 6.92 Å². The van der Waals surface area contributed by atoms with Gasteiger partial charge in [0.1, 0.15) is 18.2 Å². The minimum absolute atomic E-state index is 0.0255. The molecule has 4 fully saturated rings. The van der Waals surface area contributed by atoms with Gasteiger partial charge in [-0.2, -0.15) is 0 Å². The molecule has 24 heavy (non-hydrogen) atoms. The minimum atomic E-state index is -1.11. The van der Waals surface area contributed by atoms with E-state index in [-0.39, 0.29) is 41.5 Å². The van der Waals surface area contributed by atoms with E-state index in [0.717, 1.165) is 32.0 Å². The molecule has 0 aromatic rings. The highest BCUT2D eigenvalue weighted by atomic mass is 16.3. The van der Waals surface area contributed by atoms with Gasteiger partial charge in [-0.3, -0.25) is 9.59 Å². The van der Waals surface area contributed by atoms with Crippen LogP contribution in [0.2, 0.25) is 0 Å². The number of aldehydes is 1. The van der Waals surface area contributed by atoms with Crippen molar-refractivity contribution >= 4 is 17.9 Å². The zero-order valence-electron chi connectivity index (χ0n) is 14.1. The summed E-state index contributed by atoms with van der Waals surface area (Å²) in [7, 11) is 0. The number of carbonyl (C=O) groups excluding carboxylic acids is 3. The van der Waals surface area contributed by atoms with Crippen molar-refractivity contribution in [2.24, 2.45) is 34.5 Å². The molecule has 0 heterocycles. The zero-order valence-corrected chi connectivity index (χ0v) is 14.1. The molecule has 0 spiro atoms. The van der Waals surface area contributed by atoms with Crippen LogP contribution < -0.4 is 0 Å². The fraction of sp³-hybridized carbons (Fsp3) is 0.842. The summed E-state index contributed by atoms with van der Waals surface area (Å²) in [6.07, 6.45) is 3.70. The zero-order chi connectivity index (χ0) is 17.3. The van der Waals surface area contributed by atoms with Crippen LogP contribution >= 0.6 is 0 Å². The second kappa shape index (κ2) is 5.21. The molecule has 0 radical (unpaired) electrons. The first kappa shape index (κ1) is 16.4. The second-order valence-corrected chi connectivity index (χ2v) is 8.80. The topological polar surface area (TPSA) is 91.7 Å². The van der Waals surface area contributed by atoms with Crippen LogP contribution in [0.4, 0.5) is 0 Å². The van der Waals surface area contributed by atoms with Crippen LogP contribution in [0, 0.1) is 34.5 Å². The number of rotatable bonds is 1. The normalized spacial score (nSPS) is 54.0. The van der Waals surface area contributed by atoms with Crippen LogP contribution in [0.25, 0.3) is 0 Å². The number of aliphatic hydroxyl groups excluding tert-OH is 2. The van der Waals surface area contributed by atoms with Crippen LogP contribution in [-0.2, 0) is 14.4 Å². The number of hydrogen-bond acceptors (Lipinski definition) is 5. The van der Waals surface area contributed by atoms with Gasteiger partial charge in [-0.1, -0.05) is 6.92 Å². The third kappa shape index (κ3) is 1.86. The van der Waals surface area contributed by atoms with Gasteiger partial charge in [0.2, 0.25) is 0 Å². The van der Waals surface area contributed by atoms with E-state index in [9.17, 15) is 24.6 Å². The first-order valence-electron chi connectivity index (χ1n) is 9.24. The van der Waals surface area contributed by atoms with Crippen molar-refractivity contribution in [2.45, 2.75) is 64.1 Å². The highest BCUT2D eigenvalue weighted by Gasteiger charge is 2.65. The van der Waals surface area contributed by atoms with Gasteiger partial charge in [-0.25, -0.2) is 0 Å². The summed E-state index contributed by atoms with van der Waals surface area (Å²) in [4.78, 5) is 37.5. The maximum atomic E-state index is 12.8. The van der Waals surface area contributed by atoms with Gasteiger partial charge < -0.3 is 15.0 Å². The van der Waals surface area contributed by atoms with Crippen LogP contribution in [0.1, 0.15) is 51.9 Å². The Kier molecular flexibility index (Phi) is 3.56. The van der Waals surface area contributed by atoms with E-state index in [1.165, 1.54) is 0 Å². The summed E-state index contributed by atoms with van der Waals surface area (Å²) in [6.45, 7) is 2.12. The van der Waals surface area contributed by atoms with E-state index in [1.807, 2.05) is 0 Å². The molecular weight excluding hydrogens is 308 g/mol. The number of ketones is 2. The average molecular weight is 334 g/mol.